The highest BCUT2D eigenvalue weighted by Crippen LogP contribution is 2.39. The number of amides is 1. The molecule has 1 aliphatic carbocycles. The van der Waals surface area contributed by atoms with Crippen LogP contribution >= 0.6 is 0 Å². The number of ketones is 1. The molecule has 30 heavy (non-hydrogen) atoms. The molecule has 0 unspecified atom stereocenters. The van der Waals surface area contributed by atoms with Gasteiger partial charge in [0.15, 0.2) is 6.61 Å². The molecular formula is C23H25N3O4. The van der Waals surface area contributed by atoms with E-state index >= 15 is 0 Å². The summed E-state index contributed by atoms with van der Waals surface area (Å²) in [7, 11) is 0. The minimum absolute atomic E-state index is 0.0354. The molecule has 7 nitrogen and oxygen atoms in total. The van der Waals surface area contributed by atoms with Gasteiger partial charge < -0.3 is 19.5 Å². The Balaban J connectivity index is 1.28. The molecule has 0 spiro atoms. The molecular weight excluding hydrogens is 382 g/mol. The number of hydrogen-bond acceptors (Lipinski definition) is 5. The van der Waals surface area contributed by atoms with Gasteiger partial charge in [0.05, 0.1) is 16.9 Å². The molecule has 156 valence electrons. The maximum atomic E-state index is 12.7. The Bertz CT molecular complexity index is 1070. The summed E-state index contributed by atoms with van der Waals surface area (Å²) in [5.74, 6) is -0.804. The summed E-state index contributed by atoms with van der Waals surface area (Å²) in [6, 6.07) is 7.42. The number of hydrogen-bond donors (Lipinski definition) is 1. The minimum atomic E-state index is -0.569. The van der Waals surface area contributed by atoms with Crippen LogP contribution in [0, 0.1) is 13.8 Å². The monoisotopic (exact) mass is 407 g/mol. The second-order valence-corrected chi connectivity index (χ2v) is 8.46. The fourth-order valence-corrected chi connectivity index (χ4v) is 4.80. The number of carbonyl (C=O) groups is 3. The Hall–Kier alpha value is -3.09. The third-order valence-corrected chi connectivity index (χ3v) is 6.39. The van der Waals surface area contributed by atoms with E-state index in [-0.39, 0.29) is 24.3 Å². The largest absolute Gasteiger partial charge is 0.454 e. The van der Waals surface area contributed by atoms with Crippen molar-refractivity contribution in [3.63, 3.8) is 0 Å². The molecule has 1 aromatic heterocycles. The molecule has 5 rings (SSSR count). The number of benzene rings is 1. The maximum absolute atomic E-state index is 12.7. The van der Waals surface area contributed by atoms with Crippen LogP contribution in [0.4, 0.5) is 11.4 Å². The van der Waals surface area contributed by atoms with Crippen LogP contribution < -0.4 is 10.2 Å². The van der Waals surface area contributed by atoms with Gasteiger partial charge in [-0.1, -0.05) is 0 Å². The Morgan fingerprint density at radius 2 is 1.97 bits per heavy atom. The second kappa shape index (κ2) is 7.00. The topological polar surface area (TPSA) is 80.6 Å². The Labute approximate surface area is 175 Å². The van der Waals surface area contributed by atoms with Gasteiger partial charge >= 0.3 is 5.97 Å². The van der Waals surface area contributed by atoms with Crippen molar-refractivity contribution in [3.05, 3.63) is 46.8 Å². The van der Waals surface area contributed by atoms with E-state index in [2.05, 4.69) is 14.8 Å². The summed E-state index contributed by atoms with van der Waals surface area (Å²) in [5, 5.41) is 2.89. The predicted molar refractivity (Wildman–Crippen MR) is 112 cm³/mol. The number of nitrogens with one attached hydrogen (secondary N) is 1. The molecule has 0 bridgehead atoms. The van der Waals surface area contributed by atoms with Crippen LogP contribution in [0.15, 0.2) is 24.3 Å². The summed E-state index contributed by atoms with van der Waals surface area (Å²) in [5.41, 5.74) is 4.49. The van der Waals surface area contributed by atoms with Crippen molar-refractivity contribution in [2.45, 2.75) is 51.6 Å². The van der Waals surface area contributed by atoms with Gasteiger partial charge in [-0.05, 0) is 63.8 Å². The highest BCUT2D eigenvalue weighted by Gasteiger charge is 2.36. The number of ether oxygens (including phenoxy) is 1. The highest BCUT2D eigenvalue weighted by molar-refractivity contribution is 6.06. The normalized spacial score (nSPS) is 19.9. The molecule has 1 saturated carbocycles. The molecule has 3 aliphatic rings. The number of Topliss-reactive ketones (excluding diaryl/α,β-unsaturated/α-hetero) is 1. The van der Waals surface area contributed by atoms with Crippen molar-refractivity contribution in [2.24, 2.45) is 0 Å². The van der Waals surface area contributed by atoms with Crippen LogP contribution in [0.1, 0.15) is 63.8 Å². The quantitative estimate of drug-likeness (QED) is 0.607. The van der Waals surface area contributed by atoms with Gasteiger partial charge in [0.25, 0.3) is 0 Å². The lowest BCUT2D eigenvalue weighted by Crippen LogP contribution is -2.43. The predicted octanol–water partition coefficient (Wildman–Crippen LogP) is 3.40. The lowest BCUT2D eigenvalue weighted by atomic mass is 10.1. The second-order valence-electron chi connectivity index (χ2n) is 8.46. The van der Waals surface area contributed by atoms with Crippen molar-refractivity contribution in [1.29, 1.82) is 0 Å². The first-order valence-corrected chi connectivity index (χ1v) is 10.5. The third kappa shape index (κ3) is 3.09. The van der Waals surface area contributed by atoms with Crippen molar-refractivity contribution in [2.75, 3.05) is 23.4 Å². The van der Waals surface area contributed by atoms with Crippen LogP contribution in [0.25, 0.3) is 0 Å². The van der Waals surface area contributed by atoms with Gasteiger partial charge in [-0.3, -0.25) is 9.59 Å². The van der Waals surface area contributed by atoms with E-state index in [0.717, 1.165) is 49.3 Å². The van der Waals surface area contributed by atoms with Gasteiger partial charge in [-0.25, -0.2) is 4.79 Å². The van der Waals surface area contributed by atoms with E-state index in [4.69, 9.17) is 4.74 Å². The molecule has 7 heteroatoms. The third-order valence-electron chi connectivity index (χ3n) is 6.39. The molecule has 2 fully saturated rings. The molecule has 2 aliphatic heterocycles. The standard InChI is InChI=1S/C23H25N3O4/c1-13-10-17(14(2)26(13)16-6-7-16)21(27)12-30-23(29)15-5-8-19-18(11-15)24-22(28)20-4-3-9-25(19)20/h5,8,10-11,16,20H,3-4,6-7,9,12H2,1-2H3,(H,24,28)/t20-/m0/s1. The average Bonchev–Trinajstić information content (AvgIpc) is 3.33. The molecule has 3 heterocycles. The summed E-state index contributed by atoms with van der Waals surface area (Å²) in [6.07, 6.45) is 4.11. The minimum Gasteiger partial charge on any atom is -0.454 e. The fraction of sp³-hybridized carbons (Fsp3) is 0.435. The van der Waals surface area contributed by atoms with Crippen LogP contribution in [0.5, 0.6) is 0 Å². The molecule has 1 N–H and O–H groups in total. The summed E-state index contributed by atoms with van der Waals surface area (Å²) >= 11 is 0. The Morgan fingerprint density at radius 1 is 1.17 bits per heavy atom. The summed E-state index contributed by atoms with van der Waals surface area (Å²) in [4.78, 5) is 39.6. The SMILES string of the molecule is Cc1cc(C(=O)COC(=O)c2ccc3c(c2)NC(=O)[C@@H]2CCCN32)c(C)n1C1CC1. The van der Waals surface area contributed by atoms with E-state index in [1.54, 1.807) is 12.1 Å². The molecule has 1 saturated heterocycles. The van der Waals surface area contributed by atoms with Crippen LogP contribution in [-0.4, -0.2) is 41.4 Å². The van der Waals surface area contributed by atoms with E-state index in [1.165, 1.54) is 0 Å². The molecule has 0 radical (unpaired) electrons. The van der Waals surface area contributed by atoms with Crippen LogP contribution in [0.2, 0.25) is 0 Å². The van der Waals surface area contributed by atoms with Gasteiger partial charge in [0.1, 0.15) is 6.04 Å². The fourth-order valence-electron chi connectivity index (χ4n) is 4.80. The van der Waals surface area contributed by atoms with Gasteiger partial charge in [0, 0.05) is 29.5 Å². The number of carbonyl (C=O) groups excluding carboxylic acids is 3. The highest BCUT2D eigenvalue weighted by atomic mass is 16.5. The lowest BCUT2D eigenvalue weighted by molar-refractivity contribution is -0.117. The van der Waals surface area contributed by atoms with Gasteiger partial charge in [-0.2, -0.15) is 0 Å². The molecule has 2 aromatic rings. The number of fused-ring (bicyclic) bond motifs is 3. The number of esters is 1. The Morgan fingerprint density at radius 3 is 2.73 bits per heavy atom. The van der Waals surface area contributed by atoms with Crippen molar-refractivity contribution in [1.82, 2.24) is 4.57 Å². The van der Waals surface area contributed by atoms with Crippen molar-refractivity contribution in [3.8, 4) is 0 Å². The molecule has 1 atom stereocenters. The average molecular weight is 407 g/mol. The van der Waals surface area contributed by atoms with Gasteiger partial charge in [-0.15, -0.1) is 0 Å². The number of nitrogens with zero attached hydrogens (tertiary/aromatic N) is 2. The Kier molecular flexibility index (Phi) is 4.41. The van der Waals surface area contributed by atoms with Crippen LogP contribution in [0.3, 0.4) is 0 Å². The van der Waals surface area contributed by atoms with Gasteiger partial charge in [0.2, 0.25) is 11.7 Å². The van der Waals surface area contributed by atoms with E-state index < -0.39 is 5.97 Å². The van der Waals surface area contributed by atoms with E-state index in [9.17, 15) is 14.4 Å². The van der Waals surface area contributed by atoms with Crippen molar-refractivity contribution < 1.29 is 19.1 Å². The zero-order valence-corrected chi connectivity index (χ0v) is 17.2. The molecule has 1 aromatic carbocycles. The first-order valence-electron chi connectivity index (χ1n) is 10.5. The van der Waals surface area contributed by atoms with E-state index in [0.29, 0.717) is 22.9 Å². The number of aromatic nitrogens is 1. The first kappa shape index (κ1) is 18.9. The van der Waals surface area contributed by atoms with E-state index in [1.807, 2.05) is 26.0 Å². The zero-order valence-electron chi connectivity index (χ0n) is 17.2. The summed E-state index contributed by atoms with van der Waals surface area (Å²) < 4.78 is 7.51. The molecule has 1 amide bonds. The maximum Gasteiger partial charge on any atom is 0.338 e. The number of rotatable bonds is 5. The van der Waals surface area contributed by atoms with Crippen molar-refractivity contribution >= 4 is 29.0 Å². The lowest BCUT2D eigenvalue weighted by Gasteiger charge is -2.33. The zero-order chi connectivity index (χ0) is 21.0. The summed E-state index contributed by atoms with van der Waals surface area (Å²) in [6.45, 7) is 4.48. The first-order chi connectivity index (χ1) is 14.4. The smallest absolute Gasteiger partial charge is 0.338 e. The number of anilines is 2. The van der Waals surface area contributed by atoms with Crippen LogP contribution in [-0.2, 0) is 9.53 Å². The number of aryl methyl sites for hydroxylation is 1.